The fourth-order valence-corrected chi connectivity index (χ4v) is 3.09. The first-order chi connectivity index (χ1) is 9.60. The number of nitrogens with one attached hydrogen (secondary N) is 1. The number of aromatic nitrogens is 1. The molecule has 4 heteroatoms. The lowest BCUT2D eigenvalue weighted by Gasteiger charge is -2.19. The third-order valence-electron chi connectivity index (χ3n) is 3.30. The van der Waals surface area contributed by atoms with E-state index in [1.54, 1.807) is 11.3 Å². The minimum atomic E-state index is 0.336. The van der Waals surface area contributed by atoms with Crippen molar-refractivity contribution in [1.82, 2.24) is 10.3 Å². The van der Waals surface area contributed by atoms with Crippen LogP contribution in [0.3, 0.4) is 0 Å². The van der Waals surface area contributed by atoms with Gasteiger partial charge in [-0.15, -0.1) is 11.3 Å². The van der Waals surface area contributed by atoms with Gasteiger partial charge in [-0.3, -0.25) is 0 Å². The predicted molar refractivity (Wildman–Crippen MR) is 90.5 cm³/mol. The van der Waals surface area contributed by atoms with Gasteiger partial charge in [-0.1, -0.05) is 35.0 Å². The summed E-state index contributed by atoms with van der Waals surface area (Å²) in [6, 6.07) is 6.93. The summed E-state index contributed by atoms with van der Waals surface area (Å²) in [5, 5.41) is 6.95. The van der Waals surface area contributed by atoms with Crippen molar-refractivity contribution in [3.05, 3.63) is 49.9 Å². The van der Waals surface area contributed by atoms with Crippen molar-refractivity contribution in [3.8, 4) is 0 Å². The Balaban J connectivity index is 2.19. The molecule has 2 nitrogen and oxygen atoms in total. The number of benzene rings is 1. The Bertz CT molecular complexity index is 565. The summed E-state index contributed by atoms with van der Waals surface area (Å²) in [6.45, 7) is 7.43. The number of hydrogen-bond donors (Lipinski definition) is 1. The first-order valence-corrected chi connectivity index (χ1v) is 8.68. The van der Waals surface area contributed by atoms with Gasteiger partial charge in [-0.25, -0.2) is 4.98 Å². The van der Waals surface area contributed by atoms with Crippen LogP contribution in [0.4, 0.5) is 0 Å². The summed E-state index contributed by atoms with van der Waals surface area (Å²) in [7, 11) is 0. The topological polar surface area (TPSA) is 24.9 Å². The molecule has 2 rings (SSSR count). The van der Waals surface area contributed by atoms with Crippen molar-refractivity contribution in [1.29, 1.82) is 0 Å². The molecule has 0 aliphatic heterocycles. The Kier molecular flexibility index (Phi) is 5.75. The number of nitrogens with zero attached hydrogens (tertiary/aromatic N) is 1. The molecule has 0 saturated carbocycles. The van der Waals surface area contributed by atoms with Gasteiger partial charge in [0, 0.05) is 22.3 Å². The van der Waals surface area contributed by atoms with Gasteiger partial charge in [-0.2, -0.15) is 0 Å². The third-order valence-corrected chi connectivity index (χ3v) is 5.02. The second kappa shape index (κ2) is 7.34. The van der Waals surface area contributed by atoms with E-state index in [-0.39, 0.29) is 0 Å². The molecule has 2 aromatic rings. The van der Waals surface area contributed by atoms with Crippen LogP contribution in [0.15, 0.2) is 28.1 Å². The lowest BCUT2D eigenvalue weighted by Crippen LogP contribution is -2.24. The fourth-order valence-electron chi connectivity index (χ4n) is 2.22. The van der Waals surface area contributed by atoms with Crippen molar-refractivity contribution >= 4 is 27.3 Å². The molecule has 0 aliphatic rings. The zero-order chi connectivity index (χ0) is 14.5. The Morgan fingerprint density at radius 1 is 1.35 bits per heavy atom. The van der Waals surface area contributed by atoms with Crippen LogP contribution < -0.4 is 5.32 Å². The largest absolute Gasteiger partial charge is 0.310 e. The Morgan fingerprint density at radius 2 is 2.15 bits per heavy atom. The molecule has 20 heavy (non-hydrogen) atoms. The van der Waals surface area contributed by atoms with Gasteiger partial charge < -0.3 is 5.32 Å². The summed E-state index contributed by atoms with van der Waals surface area (Å²) < 4.78 is 1.17. The molecule has 0 saturated heterocycles. The van der Waals surface area contributed by atoms with E-state index < -0.39 is 0 Å². The van der Waals surface area contributed by atoms with Crippen molar-refractivity contribution in [3.63, 3.8) is 0 Å². The Labute approximate surface area is 133 Å². The maximum Gasteiger partial charge on any atom is 0.0897 e. The first kappa shape index (κ1) is 15.7. The average molecular weight is 353 g/mol. The van der Waals surface area contributed by atoms with Crippen LogP contribution in [0.5, 0.6) is 0 Å². The van der Waals surface area contributed by atoms with Crippen molar-refractivity contribution in [2.24, 2.45) is 0 Å². The Hall–Kier alpha value is -0.710. The van der Waals surface area contributed by atoms with Crippen LogP contribution >= 0.6 is 27.3 Å². The molecule has 0 spiro atoms. The number of aryl methyl sites for hydroxylation is 2. The lowest BCUT2D eigenvalue weighted by atomic mass is 10.0. The number of halogens is 1. The summed E-state index contributed by atoms with van der Waals surface area (Å²) in [5.41, 5.74) is 3.80. The molecule has 1 atom stereocenters. The van der Waals surface area contributed by atoms with Gasteiger partial charge in [0.15, 0.2) is 0 Å². The smallest absolute Gasteiger partial charge is 0.0897 e. The monoisotopic (exact) mass is 352 g/mol. The van der Waals surface area contributed by atoms with Crippen molar-refractivity contribution in [2.45, 2.75) is 39.7 Å². The molecule has 1 N–H and O–H groups in total. The molecule has 1 unspecified atom stereocenters. The van der Waals surface area contributed by atoms with Gasteiger partial charge in [-0.05, 0) is 44.0 Å². The number of rotatable bonds is 6. The zero-order valence-electron chi connectivity index (χ0n) is 12.2. The molecule has 1 aromatic carbocycles. The van der Waals surface area contributed by atoms with Gasteiger partial charge in [0.25, 0.3) is 0 Å². The van der Waals surface area contributed by atoms with Crippen molar-refractivity contribution in [2.75, 3.05) is 6.54 Å². The van der Waals surface area contributed by atoms with E-state index in [9.17, 15) is 0 Å². The van der Waals surface area contributed by atoms with E-state index >= 15 is 0 Å². The van der Waals surface area contributed by atoms with Gasteiger partial charge >= 0.3 is 0 Å². The highest BCUT2D eigenvalue weighted by molar-refractivity contribution is 9.10. The first-order valence-electron chi connectivity index (χ1n) is 7.00. The van der Waals surface area contributed by atoms with Crippen LogP contribution in [0, 0.1) is 13.8 Å². The highest BCUT2D eigenvalue weighted by Crippen LogP contribution is 2.24. The molecular weight excluding hydrogens is 332 g/mol. The second-order valence-electron chi connectivity index (χ2n) is 5.08. The van der Waals surface area contributed by atoms with Gasteiger partial charge in [0.1, 0.15) is 0 Å². The molecule has 0 aliphatic carbocycles. The van der Waals surface area contributed by atoms with Crippen LogP contribution in [0.2, 0.25) is 0 Å². The van der Waals surface area contributed by atoms with E-state index in [4.69, 9.17) is 0 Å². The van der Waals surface area contributed by atoms with E-state index in [0.29, 0.717) is 6.04 Å². The minimum Gasteiger partial charge on any atom is -0.310 e. The van der Waals surface area contributed by atoms with E-state index in [1.807, 2.05) is 0 Å². The van der Waals surface area contributed by atoms with E-state index in [1.165, 1.54) is 21.3 Å². The van der Waals surface area contributed by atoms with Crippen LogP contribution in [-0.4, -0.2) is 11.5 Å². The molecule has 0 fully saturated rings. The van der Waals surface area contributed by atoms with Gasteiger partial charge in [0.05, 0.1) is 10.7 Å². The molecular formula is C16H21BrN2S. The van der Waals surface area contributed by atoms with Crippen LogP contribution in [0.25, 0.3) is 0 Å². The summed E-state index contributed by atoms with van der Waals surface area (Å²) >= 11 is 5.29. The summed E-state index contributed by atoms with van der Waals surface area (Å²) in [6.07, 6.45) is 2.09. The second-order valence-corrected chi connectivity index (χ2v) is 6.99. The highest BCUT2D eigenvalue weighted by Gasteiger charge is 2.14. The molecule has 108 valence electrons. The zero-order valence-corrected chi connectivity index (χ0v) is 14.6. The highest BCUT2D eigenvalue weighted by atomic mass is 79.9. The number of thiazole rings is 1. The molecule has 0 bridgehead atoms. The summed E-state index contributed by atoms with van der Waals surface area (Å²) in [4.78, 5) is 4.59. The SMILES string of the molecule is CCCNC(Cc1csc(C)n1)c1ccc(Br)c(C)c1. The molecule has 0 amide bonds. The van der Waals surface area contributed by atoms with Crippen LogP contribution in [0.1, 0.15) is 41.2 Å². The molecule has 0 radical (unpaired) electrons. The van der Waals surface area contributed by atoms with Crippen molar-refractivity contribution < 1.29 is 0 Å². The normalized spacial score (nSPS) is 12.6. The maximum absolute atomic E-state index is 4.59. The number of hydrogen-bond acceptors (Lipinski definition) is 3. The quantitative estimate of drug-likeness (QED) is 0.806. The van der Waals surface area contributed by atoms with Gasteiger partial charge in [0.2, 0.25) is 0 Å². The third kappa shape index (κ3) is 4.14. The molecule has 1 heterocycles. The minimum absolute atomic E-state index is 0.336. The van der Waals surface area contributed by atoms with E-state index in [0.717, 1.165) is 24.4 Å². The average Bonchev–Trinajstić information content (AvgIpc) is 2.83. The van der Waals surface area contributed by atoms with E-state index in [2.05, 4.69) is 70.6 Å². The Morgan fingerprint density at radius 3 is 2.75 bits per heavy atom. The maximum atomic E-state index is 4.59. The lowest BCUT2D eigenvalue weighted by molar-refractivity contribution is 0.525. The standard InChI is InChI=1S/C16H21BrN2S/c1-4-7-18-16(9-14-10-20-12(3)19-14)13-5-6-15(17)11(2)8-13/h5-6,8,10,16,18H,4,7,9H2,1-3H3. The molecule has 1 aromatic heterocycles. The van der Waals surface area contributed by atoms with Crippen LogP contribution in [-0.2, 0) is 6.42 Å². The fraction of sp³-hybridized carbons (Fsp3) is 0.438. The summed E-state index contributed by atoms with van der Waals surface area (Å²) in [5.74, 6) is 0. The predicted octanol–water partition coefficient (Wildman–Crippen LogP) is 4.81.